The Hall–Kier alpha value is -3.95. The van der Waals surface area contributed by atoms with E-state index in [1.54, 1.807) is 35.0 Å². The lowest BCUT2D eigenvalue weighted by molar-refractivity contribution is 0.0599. The van der Waals surface area contributed by atoms with Crippen molar-refractivity contribution in [3.05, 3.63) is 77.7 Å². The zero-order valence-electron chi connectivity index (χ0n) is 18.9. The molecule has 1 fully saturated rings. The van der Waals surface area contributed by atoms with Crippen LogP contribution in [0.1, 0.15) is 35.6 Å². The lowest BCUT2D eigenvalue weighted by Gasteiger charge is -2.34. The average Bonchev–Trinajstić information content (AvgIpc) is 3.46. The summed E-state index contributed by atoms with van der Waals surface area (Å²) in [5, 5.41) is 12.4. The third-order valence-corrected chi connectivity index (χ3v) is 6.06. The van der Waals surface area contributed by atoms with Gasteiger partial charge in [-0.15, -0.1) is 10.2 Å². The van der Waals surface area contributed by atoms with Gasteiger partial charge < -0.3 is 9.32 Å². The topological polar surface area (TPSA) is 77.0 Å². The van der Waals surface area contributed by atoms with Gasteiger partial charge in [0.1, 0.15) is 17.5 Å². The number of hydrogen-bond donors (Lipinski definition) is 0. The minimum atomic E-state index is -0.740. The van der Waals surface area contributed by atoms with Gasteiger partial charge in [0.25, 0.3) is 5.91 Å². The van der Waals surface area contributed by atoms with Crippen molar-refractivity contribution in [2.75, 3.05) is 6.54 Å². The van der Waals surface area contributed by atoms with Crippen LogP contribution in [0, 0.1) is 17.5 Å². The highest BCUT2D eigenvalue weighted by molar-refractivity contribution is 5.99. The van der Waals surface area contributed by atoms with Gasteiger partial charge in [0.15, 0.2) is 5.69 Å². The van der Waals surface area contributed by atoms with Gasteiger partial charge in [-0.25, -0.2) is 13.2 Å². The zero-order chi connectivity index (χ0) is 24.5. The molecule has 4 aromatic rings. The molecule has 0 aliphatic carbocycles. The predicted molar refractivity (Wildman–Crippen MR) is 121 cm³/mol. The van der Waals surface area contributed by atoms with Crippen LogP contribution in [0.4, 0.5) is 13.2 Å². The molecule has 5 rings (SSSR count). The maximum atomic E-state index is 13.6. The van der Waals surface area contributed by atoms with Gasteiger partial charge in [-0.2, -0.15) is 5.10 Å². The zero-order valence-corrected chi connectivity index (χ0v) is 18.9. The summed E-state index contributed by atoms with van der Waals surface area (Å²) in [4.78, 5) is 15.4. The molecule has 0 N–H and O–H groups in total. The molecule has 2 aromatic heterocycles. The van der Waals surface area contributed by atoms with E-state index in [9.17, 15) is 18.0 Å². The molecular weight excluding hydrogens is 459 g/mol. The second-order valence-electron chi connectivity index (χ2n) is 8.58. The summed E-state index contributed by atoms with van der Waals surface area (Å²) < 4.78 is 47.8. The average molecular weight is 481 g/mol. The fourth-order valence-electron chi connectivity index (χ4n) is 4.43. The third kappa shape index (κ3) is 4.82. The highest BCUT2D eigenvalue weighted by Crippen LogP contribution is 2.29. The van der Waals surface area contributed by atoms with Crippen LogP contribution in [-0.4, -0.2) is 43.4 Å². The summed E-state index contributed by atoms with van der Waals surface area (Å²) in [5.74, 6) is -1.79. The Kier molecular flexibility index (Phi) is 6.10. The number of rotatable bonds is 5. The standard InChI is InChI=1S/C25H22F3N5O2/c1-32-14-21(15-5-7-17(26)8-6-15)23(31-32)25(34)33-9-3-2-4-20(33)13-22-29-30-24(35-22)16-10-18(27)12-19(28)11-16/h5-8,10-12,14,20H,2-4,9,13H2,1H3. The number of aromatic nitrogens is 4. The van der Waals surface area contributed by atoms with Gasteiger partial charge in [0.2, 0.25) is 11.8 Å². The molecule has 1 amide bonds. The SMILES string of the molecule is Cn1cc(-c2ccc(F)cc2)c(C(=O)N2CCCCC2Cc2nnc(-c3cc(F)cc(F)c3)o2)n1. The highest BCUT2D eigenvalue weighted by Gasteiger charge is 2.32. The Morgan fingerprint density at radius 3 is 2.49 bits per heavy atom. The van der Waals surface area contributed by atoms with Crippen LogP contribution in [0.25, 0.3) is 22.6 Å². The molecule has 35 heavy (non-hydrogen) atoms. The highest BCUT2D eigenvalue weighted by atomic mass is 19.1. The van der Waals surface area contributed by atoms with Crippen molar-refractivity contribution in [2.45, 2.75) is 31.7 Å². The van der Waals surface area contributed by atoms with E-state index >= 15 is 0 Å². The molecule has 2 aromatic carbocycles. The number of halogens is 3. The quantitative estimate of drug-likeness (QED) is 0.410. The van der Waals surface area contributed by atoms with E-state index in [2.05, 4.69) is 15.3 Å². The van der Waals surface area contributed by atoms with Crippen LogP contribution in [0.5, 0.6) is 0 Å². The van der Waals surface area contributed by atoms with Crippen molar-refractivity contribution in [1.82, 2.24) is 24.9 Å². The molecule has 1 atom stereocenters. The van der Waals surface area contributed by atoms with Gasteiger partial charge in [-0.05, 0) is 49.1 Å². The molecule has 1 unspecified atom stereocenters. The summed E-state index contributed by atoms with van der Waals surface area (Å²) in [6, 6.07) is 8.72. The number of nitrogens with zero attached hydrogens (tertiary/aromatic N) is 5. The molecule has 0 spiro atoms. The molecule has 1 aliphatic heterocycles. The van der Waals surface area contributed by atoms with Gasteiger partial charge in [0.05, 0.1) is 0 Å². The van der Waals surface area contributed by atoms with Crippen LogP contribution in [-0.2, 0) is 13.5 Å². The van der Waals surface area contributed by atoms with Gasteiger partial charge in [0, 0.05) is 49.4 Å². The van der Waals surface area contributed by atoms with E-state index in [0.29, 0.717) is 24.1 Å². The van der Waals surface area contributed by atoms with Crippen LogP contribution in [0.15, 0.2) is 53.1 Å². The normalized spacial score (nSPS) is 16.0. The molecule has 0 bridgehead atoms. The van der Waals surface area contributed by atoms with E-state index in [1.165, 1.54) is 12.1 Å². The number of piperidine rings is 1. The molecule has 3 heterocycles. The van der Waals surface area contributed by atoms with Gasteiger partial charge in [-0.1, -0.05) is 12.1 Å². The smallest absolute Gasteiger partial charge is 0.275 e. The second-order valence-corrected chi connectivity index (χ2v) is 8.58. The first-order chi connectivity index (χ1) is 16.9. The first-order valence-electron chi connectivity index (χ1n) is 11.3. The van der Waals surface area contributed by atoms with E-state index in [1.807, 2.05) is 0 Å². The molecular formula is C25H22F3N5O2. The van der Waals surface area contributed by atoms with Crippen molar-refractivity contribution in [3.8, 4) is 22.6 Å². The molecule has 7 nitrogen and oxygen atoms in total. The van der Waals surface area contributed by atoms with Crippen molar-refractivity contribution >= 4 is 5.91 Å². The van der Waals surface area contributed by atoms with E-state index < -0.39 is 11.6 Å². The fraction of sp³-hybridized carbons (Fsp3) is 0.280. The van der Waals surface area contributed by atoms with Gasteiger partial charge in [-0.3, -0.25) is 9.48 Å². The number of carbonyl (C=O) groups is 1. The number of benzene rings is 2. The number of hydrogen-bond acceptors (Lipinski definition) is 5. The minimum absolute atomic E-state index is 0.00964. The lowest BCUT2D eigenvalue weighted by Crippen LogP contribution is -2.45. The molecule has 0 radical (unpaired) electrons. The number of likely N-dealkylation sites (tertiary alicyclic amines) is 1. The fourth-order valence-corrected chi connectivity index (χ4v) is 4.43. The van der Waals surface area contributed by atoms with Crippen molar-refractivity contribution < 1.29 is 22.4 Å². The Morgan fingerprint density at radius 1 is 1.00 bits per heavy atom. The third-order valence-electron chi connectivity index (χ3n) is 6.06. The minimum Gasteiger partial charge on any atom is -0.421 e. The molecule has 180 valence electrons. The Labute approximate surface area is 199 Å². The van der Waals surface area contributed by atoms with Crippen LogP contribution in [0.2, 0.25) is 0 Å². The first-order valence-corrected chi connectivity index (χ1v) is 11.3. The van der Waals surface area contributed by atoms with Gasteiger partial charge >= 0.3 is 0 Å². The van der Waals surface area contributed by atoms with Crippen molar-refractivity contribution in [1.29, 1.82) is 0 Å². The number of aryl methyl sites for hydroxylation is 1. The maximum absolute atomic E-state index is 13.6. The van der Waals surface area contributed by atoms with E-state index in [0.717, 1.165) is 37.5 Å². The summed E-state index contributed by atoms with van der Waals surface area (Å²) in [5.41, 5.74) is 1.75. The Balaban J connectivity index is 1.39. The number of carbonyl (C=O) groups excluding carboxylic acids is 1. The Bertz CT molecular complexity index is 1350. The summed E-state index contributed by atoms with van der Waals surface area (Å²) in [6.45, 7) is 0.541. The number of amides is 1. The van der Waals surface area contributed by atoms with E-state index in [-0.39, 0.29) is 40.8 Å². The molecule has 1 saturated heterocycles. The summed E-state index contributed by atoms with van der Waals surface area (Å²) in [6.07, 6.45) is 4.55. The van der Waals surface area contributed by atoms with Crippen molar-refractivity contribution in [2.24, 2.45) is 7.05 Å². The Morgan fingerprint density at radius 2 is 1.74 bits per heavy atom. The predicted octanol–water partition coefficient (Wildman–Crippen LogP) is 4.79. The van der Waals surface area contributed by atoms with Crippen molar-refractivity contribution in [3.63, 3.8) is 0 Å². The van der Waals surface area contributed by atoms with Crippen LogP contribution >= 0.6 is 0 Å². The molecule has 1 aliphatic rings. The summed E-state index contributed by atoms with van der Waals surface area (Å²) in [7, 11) is 1.73. The maximum Gasteiger partial charge on any atom is 0.275 e. The largest absolute Gasteiger partial charge is 0.421 e. The van der Waals surface area contributed by atoms with Crippen LogP contribution < -0.4 is 0 Å². The van der Waals surface area contributed by atoms with E-state index in [4.69, 9.17) is 4.42 Å². The molecule has 10 heteroatoms. The van der Waals surface area contributed by atoms with Crippen LogP contribution in [0.3, 0.4) is 0 Å². The first kappa shape index (κ1) is 22.8. The lowest BCUT2D eigenvalue weighted by atomic mass is 9.97. The second kappa shape index (κ2) is 9.36. The summed E-state index contributed by atoms with van der Waals surface area (Å²) >= 11 is 0. The monoisotopic (exact) mass is 481 g/mol. The molecule has 0 saturated carbocycles.